The van der Waals surface area contributed by atoms with Crippen molar-refractivity contribution in [2.75, 3.05) is 6.54 Å². The molecule has 2 rings (SSSR count). The molecule has 1 aliphatic carbocycles. The lowest BCUT2D eigenvalue weighted by Gasteiger charge is -2.28. The van der Waals surface area contributed by atoms with Gasteiger partial charge in [-0.3, -0.25) is 4.79 Å². The molecule has 0 atom stereocenters. The van der Waals surface area contributed by atoms with Gasteiger partial charge >= 0.3 is 0 Å². The molecular weight excluding hydrogens is 326 g/mol. The molecule has 1 saturated carbocycles. The highest BCUT2D eigenvalue weighted by Crippen LogP contribution is 2.29. The Morgan fingerprint density at radius 3 is 2.45 bits per heavy atom. The second-order valence-electron chi connectivity index (χ2n) is 5.65. The smallest absolute Gasteiger partial charge is 0.251 e. The van der Waals surface area contributed by atoms with Crippen LogP contribution in [0.2, 0.25) is 0 Å². The highest BCUT2D eigenvalue weighted by molar-refractivity contribution is 7.88. The van der Waals surface area contributed by atoms with Crippen LogP contribution < -0.4 is 16.2 Å². The summed E-state index contributed by atoms with van der Waals surface area (Å²) >= 11 is 0. The average molecular weight is 348 g/mol. The number of carbonyl (C=O) groups is 1. The van der Waals surface area contributed by atoms with Crippen LogP contribution in [0.15, 0.2) is 24.3 Å². The van der Waals surface area contributed by atoms with E-state index in [9.17, 15) is 13.2 Å². The molecule has 0 saturated heterocycles. The van der Waals surface area contributed by atoms with Gasteiger partial charge in [-0.15, -0.1) is 12.4 Å². The van der Waals surface area contributed by atoms with Crippen molar-refractivity contribution in [1.29, 1.82) is 0 Å². The molecular formula is C14H22ClN3O3S. The Bertz CT molecular complexity index is 628. The molecule has 1 fully saturated rings. The second-order valence-corrected chi connectivity index (χ2v) is 7.27. The summed E-state index contributed by atoms with van der Waals surface area (Å²) in [5.74, 6) is -0.505. The molecule has 124 valence electrons. The van der Waals surface area contributed by atoms with Crippen LogP contribution in [-0.4, -0.2) is 26.4 Å². The fourth-order valence-corrected chi connectivity index (χ4v) is 3.42. The number of halogens is 1. The summed E-state index contributed by atoms with van der Waals surface area (Å²) in [6.45, 7) is 0.412. The van der Waals surface area contributed by atoms with Gasteiger partial charge in [0.25, 0.3) is 5.91 Å². The zero-order chi connectivity index (χ0) is 15.5. The second kappa shape index (κ2) is 7.41. The normalized spacial score (nSPS) is 16.8. The minimum atomic E-state index is -3.61. The molecule has 1 aromatic carbocycles. The molecule has 0 bridgehead atoms. The summed E-state index contributed by atoms with van der Waals surface area (Å²) in [6.07, 6.45) is 3.88. The van der Waals surface area contributed by atoms with Crippen LogP contribution >= 0.6 is 12.4 Å². The van der Waals surface area contributed by atoms with Gasteiger partial charge in [0, 0.05) is 12.1 Å². The van der Waals surface area contributed by atoms with E-state index in [1.54, 1.807) is 24.3 Å². The Balaban J connectivity index is 0.00000242. The molecule has 6 nitrogen and oxygen atoms in total. The fourth-order valence-electron chi connectivity index (χ4n) is 2.78. The van der Waals surface area contributed by atoms with Crippen molar-refractivity contribution in [2.45, 2.75) is 37.0 Å². The largest absolute Gasteiger partial charge is 0.345 e. The lowest BCUT2D eigenvalue weighted by molar-refractivity contribution is 0.0903. The molecule has 22 heavy (non-hydrogen) atoms. The monoisotopic (exact) mass is 347 g/mol. The van der Waals surface area contributed by atoms with E-state index in [-0.39, 0.29) is 29.6 Å². The Labute approximate surface area is 137 Å². The van der Waals surface area contributed by atoms with E-state index < -0.39 is 10.0 Å². The molecule has 0 heterocycles. The Morgan fingerprint density at radius 1 is 1.27 bits per heavy atom. The summed E-state index contributed by atoms with van der Waals surface area (Å²) in [5.41, 5.74) is 6.40. The summed E-state index contributed by atoms with van der Waals surface area (Å²) in [7, 11) is -3.61. The molecule has 1 aromatic rings. The third-order valence-corrected chi connectivity index (χ3v) is 4.62. The summed E-state index contributed by atoms with van der Waals surface area (Å²) in [5, 5.41) is 8.03. The fraction of sp³-hybridized carbons (Fsp3) is 0.500. The third-order valence-electron chi connectivity index (χ3n) is 3.89. The predicted molar refractivity (Wildman–Crippen MR) is 88.2 cm³/mol. The van der Waals surface area contributed by atoms with E-state index in [4.69, 9.17) is 10.9 Å². The zero-order valence-electron chi connectivity index (χ0n) is 12.2. The Kier molecular flexibility index (Phi) is 6.37. The first-order valence-corrected chi connectivity index (χ1v) is 8.67. The van der Waals surface area contributed by atoms with Crippen molar-refractivity contribution < 1.29 is 13.2 Å². The average Bonchev–Trinajstić information content (AvgIpc) is 2.86. The van der Waals surface area contributed by atoms with Crippen LogP contribution in [0, 0.1) is 0 Å². The number of benzene rings is 1. The number of rotatable bonds is 5. The van der Waals surface area contributed by atoms with Crippen molar-refractivity contribution in [3.05, 3.63) is 35.4 Å². The van der Waals surface area contributed by atoms with Gasteiger partial charge < -0.3 is 11.1 Å². The van der Waals surface area contributed by atoms with Gasteiger partial charge in [-0.2, -0.15) is 0 Å². The summed E-state index contributed by atoms with van der Waals surface area (Å²) < 4.78 is 22.2. The summed E-state index contributed by atoms with van der Waals surface area (Å²) in [6, 6.07) is 6.49. The number of primary sulfonamides is 1. The van der Waals surface area contributed by atoms with Crippen molar-refractivity contribution in [2.24, 2.45) is 10.9 Å². The van der Waals surface area contributed by atoms with Gasteiger partial charge in [-0.1, -0.05) is 25.0 Å². The van der Waals surface area contributed by atoms with Crippen molar-refractivity contribution in [3.63, 3.8) is 0 Å². The number of amides is 1. The first kappa shape index (κ1) is 18.9. The molecule has 0 unspecified atom stereocenters. The van der Waals surface area contributed by atoms with Crippen LogP contribution in [0.25, 0.3) is 0 Å². The first-order chi connectivity index (χ1) is 9.84. The minimum absolute atomic E-state index is 0. The number of hydrogen-bond donors (Lipinski definition) is 3. The molecule has 0 aliphatic heterocycles. The topological polar surface area (TPSA) is 115 Å². The van der Waals surface area contributed by atoms with Gasteiger partial charge in [0.05, 0.1) is 11.3 Å². The molecule has 1 amide bonds. The van der Waals surface area contributed by atoms with Crippen LogP contribution in [0.5, 0.6) is 0 Å². The number of nitrogens with one attached hydrogen (secondary N) is 1. The zero-order valence-corrected chi connectivity index (χ0v) is 13.9. The van der Waals surface area contributed by atoms with Gasteiger partial charge in [0.15, 0.2) is 0 Å². The standard InChI is InChI=1S/C14H21N3O3S.ClH/c15-10-14(6-1-2-7-14)17-13(18)12-5-3-4-11(8-12)9-21(16,19)20;/h3-5,8H,1-2,6-7,9-10,15H2,(H,17,18)(H2,16,19,20);1H. The quantitative estimate of drug-likeness (QED) is 0.733. The van der Waals surface area contributed by atoms with E-state index in [1.807, 2.05) is 0 Å². The van der Waals surface area contributed by atoms with E-state index >= 15 is 0 Å². The van der Waals surface area contributed by atoms with Crippen LogP contribution in [0.1, 0.15) is 41.6 Å². The SMILES string of the molecule is Cl.NCC1(NC(=O)c2cccc(CS(N)(=O)=O)c2)CCCC1. The first-order valence-electron chi connectivity index (χ1n) is 6.96. The predicted octanol–water partition coefficient (Wildman–Crippen LogP) is 0.898. The van der Waals surface area contributed by atoms with Crippen LogP contribution in [-0.2, 0) is 15.8 Å². The van der Waals surface area contributed by atoms with E-state index in [2.05, 4.69) is 5.32 Å². The minimum Gasteiger partial charge on any atom is -0.345 e. The molecule has 0 spiro atoms. The van der Waals surface area contributed by atoms with E-state index in [0.29, 0.717) is 17.7 Å². The van der Waals surface area contributed by atoms with Crippen molar-refractivity contribution in [3.8, 4) is 0 Å². The summed E-state index contributed by atoms with van der Waals surface area (Å²) in [4.78, 5) is 12.3. The van der Waals surface area contributed by atoms with Gasteiger partial charge in [0.2, 0.25) is 10.0 Å². The van der Waals surface area contributed by atoms with Gasteiger partial charge in [-0.25, -0.2) is 13.6 Å². The number of sulfonamides is 1. The Morgan fingerprint density at radius 2 is 1.91 bits per heavy atom. The maximum atomic E-state index is 12.3. The van der Waals surface area contributed by atoms with E-state index in [0.717, 1.165) is 25.7 Å². The maximum absolute atomic E-state index is 12.3. The maximum Gasteiger partial charge on any atom is 0.251 e. The number of nitrogens with two attached hydrogens (primary N) is 2. The van der Waals surface area contributed by atoms with Gasteiger partial charge in [0.1, 0.15) is 0 Å². The number of carbonyl (C=O) groups excluding carboxylic acids is 1. The number of hydrogen-bond acceptors (Lipinski definition) is 4. The lowest BCUT2D eigenvalue weighted by Crippen LogP contribution is -2.51. The van der Waals surface area contributed by atoms with Crippen molar-refractivity contribution in [1.82, 2.24) is 5.32 Å². The highest BCUT2D eigenvalue weighted by atomic mass is 35.5. The van der Waals surface area contributed by atoms with Gasteiger partial charge in [-0.05, 0) is 30.5 Å². The lowest BCUT2D eigenvalue weighted by atomic mass is 9.97. The van der Waals surface area contributed by atoms with Crippen LogP contribution in [0.4, 0.5) is 0 Å². The van der Waals surface area contributed by atoms with Crippen molar-refractivity contribution >= 4 is 28.3 Å². The molecule has 0 radical (unpaired) electrons. The highest BCUT2D eigenvalue weighted by Gasteiger charge is 2.34. The van der Waals surface area contributed by atoms with Crippen LogP contribution in [0.3, 0.4) is 0 Å². The molecule has 5 N–H and O–H groups in total. The third kappa shape index (κ3) is 4.95. The van der Waals surface area contributed by atoms with E-state index in [1.165, 1.54) is 0 Å². The molecule has 0 aromatic heterocycles. The molecule has 1 aliphatic rings. The Hall–Kier alpha value is -1.15. The molecule has 8 heteroatoms.